The van der Waals surface area contributed by atoms with Gasteiger partial charge in [-0.2, -0.15) is 0 Å². The van der Waals surface area contributed by atoms with E-state index in [0.717, 1.165) is 0 Å². The van der Waals surface area contributed by atoms with Crippen molar-refractivity contribution in [1.82, 2.24) is 4.90 Å². The van der Waals surface area contributed by atoms with Gasteiger partial charge in [0.05, 0.1) is 25.4 Å². The molecule has 0 spiro atoms. The van der Waals surface area contributed by atoms with E-state index >= 15 is 0 Å². The maximum Gasteiger partial charge on any atom is 0.309 e. The van der Waals surface area contributed by atoms with Crippen LogP contribution in [0.25, 0.3) is 0 Å². The fourth-order valence-electron chi connectivity index (χ4n) is 2.54. The topological polar surface area (TPSA) is 89.7 Å². The van der Waals surface area contributed by atoms with Crippen molar-refractivity contribution < 1.29 is 23.5 Å². The summed E-state index contributed by atoms with van der Waals surface area (Å²) in [6.07, 6.45) is -0.183. The van der Waals surface area contributed by atoms with Gasteiger partial charge < -0.3 is 15.4 Å². The smallest absolute Gasteiger partial charge is 0.309 e. The molecule has 1 aromatic carbocycles. The molecule has 0 bridgehead atoms. The molecule has 1 saturated heterocycles. The molecule has 7 heteroatoms. The van der Waals surface area contributed by atoms with E-state index in [2.05, 4.69) is 0 Å². The Bertz CT molecular complexity index is 620. The number of benzene rings is 1. The minimum Gasteiger partial charge on any atom is -0.460 e. The molecule has 23 heavy (non-hydrogen) atoms. The Morgan fingerprint density at radius 3 is 2.87 bits per heavy atom. The maximum absolute atomic E-state index is 13.1. The van der Waals surface area contributed by atoms with Crippen molar-refractivity contribution in [3.63, 3.8) is 0 Å². The second-order valence-corrected chi connectivity index (χ2v) is 5.74. The molecule has 2 N–H and O–H groups in total. The first-order valence-corrected chi connectivity index (χ1v) is 7.36. The number of hydrogen-bond donors (Lipinski definition) is 1. The van der Waals surface area contributed by atoms with Crippen molar-refractivity contribution in [2.75, 3.05) is 13.1 Å². The van der Waals surface area contributed by atoms with Crippen molar-refractivity contribution >= 4 is 17.8 Å². The van der Waals surface area contributed by atoms with Gasteiger partial charge in [-0.25, -0.2) is 4.39 Å². The Hall–Kier alpha value is -2.44. The van der Waals surface area contributed by atoms with Crippen molar-refractivity contribution in [2.45, 2.75) is 25.9 Å². The molecule has 1 aliphatic rings. The minimum absolute atomic E-state index is 0.0473. The molecule has 1 aromatic rings. The number of likely N-dealkylation sites (tertiary alicyclic amines) is 1. The van der Waals surface area contributed by atoms with Crippen LogP contribution < -0.4 is 5.73 Å². The van der Waals surface area contributed by atoms with Gasteiger partial charge in [-0.05, 0) is 24.1 Å². The molecule has 6 nitrogen and oxygen atoms in total. The molecule has 0 unspecified atom stereocenters. The van der Waals surface area contributed by atoms with Crippen molar-refractivity contribution in [3.8, 4) is 0 Å². The van der Waals surface area contributed by atoms with Crippen molar-refractivity contribution in [1.29, 1.82) is 0 Å². The van der Waals surface area contributed by atoms with E-state index in [1.54, 1.807) is 19.1 Å². The summed E-state index contributed by atoms with van der Waals surface area (Å²) in [6, 6.07) is 6.03. The molecule has 1 aliphatic heterocycles. The maximum atomic E-state index is 13.1. The number of hydrogen-bond acceptors (Lipinski definition) is 4. The summed E-state index contributed by atoms with van der Waals surface area (Å²) in [6.45, 7) is 1.68. The Balaban J connectivity index is 1.87. The number of halogens is 1. The van der Waals surface area contributed by atoms with E-state index < -0.39 is 23.9 Å². The number of amides is 2. The predicted molar refractivity (Wildman–Crippen MR) is 79.5 cm³/mol. The highest BCUT2D eigenvalue weighted by Crippen LogP contribution is 2.17. The number of primary amides is 1. The van der Waals surface area contributed by atoms with Gasteiger partial charge in [0.25, 0.3) is 0 Å². The van der Waals surface area contributed by atoms with Gasteiger partial charge in [0.2, 0.25) is 11.8 Å². The largest absolute Gasteiger partial charge is 0.460 e. The zero-order valence-corrected chi connectivity index (χ0v) is 12.8. The van der Waals surface area contributed by atoms with Crippen LogP contribution >= 0.6 is 0 Å². The van der Waals surface area contributed by atoms with E-state index in [9.17, 15) is 18.8 Å². The number of nitrogens with two attached hydrogens (primary N) is 1. The van der Waals surface area contributed by atoms with Crippen LogP contribution in [0.15, 0.2) is 24.3 Å². The minimum atomic E-state index is -0.607. The molecule has 1 heterocycles. The molecule has 0 radical (unpaired) electrons. The molecular weight excluding hydrogens is 303 g/mol. The summed E-state index contributed by atoms with van der Waals surface area (Å²) in [5.41, 5.74) is 5.76. The van der Waals surface area contributed by atoms with Crippen LogP contribution in [0.4, 0.5) is 4.39 Å². The highest BCUT2D eigenvalue weighted by molar-refractivity contribution is 5.86. The molecule has 0 aliphatic carbocycles. The summed E-state index contributed by atoms with van der Waals surface area (Å²) in [5, 5.41) is 0. The summed E-state index contributed by atoms with van der Waals surface area (Å²) < 4.78 is 18.5. The van der Waals surface area contributed by atoms with E-state index in [1.165, 1.54) is 17.0 Å². The first-order chi connectivity index (χ1) is 10.8. The van der Waals surface area contributed by atoms with Crippen LogP contribution in [0.3, 0.4) is 0 Å². The van der Waals surface area contributed by atoms with Crippen LogP contribution in [-0.4, -0.2) is 41.9 Å². The summed E-state index contributed by atoms with van der Waals surface area (Å²) in [4.78, 5) is 35.9. The Morgan fingerprint density at radius 2 is 2.22 bits per heavy atom. The van der Waals surface area contributed by atoms with E-state index in [0.29, 0.717) is 12.0 Å². The Labute approximate surface area is 133 Å². The van der Waals surface area contributed by atoms with Crippen molar-refractivity contribution in [2.24, 2.45) is 11.7 Å². The molecular formula is C16H19FN2O4. The number of nitrogens with zero attached hydrogens (tertiary/aromatic N) is 1. The molecule has 2 rings (SSSR count). The first kappa shape index (κ1) is 16.9. The normalized spacial score (nSPS) is 18.8. The number of carbonyl (C=O) groups excluding carboxylic acids is 3. The quantitative estimate of drug-likeness (QED) is 0.778. The zero-order valence-electron chi connectivity index (χ0n) is 12.8. The van der Waals surface area contributed by atoms with E-state index in [4.69, 9.17) is 10.5 Å². The lowest BCUT2D eigenvalue weighted by Gasteiger charge is -2.17. The van der Waals surface area contributed by atoms with E-state index in [1.807, 2.05) is 0 Å². The number of carbonyl (C=O) groups is 3. The van der Waals surface area contributed by atoms with Crippen LogP contribution in [0, 0.1) is 11.7 Å². The SMILES string of the molecule is C[C@H](Cc1cccc(F)c1)C(=O)O[C@@H]1CC(=O)N(CC(N)=O)C1. The third-order valence-corrected chi connectivity index (χ3v) is 3.64. The third kappa shape index (κ3) is 4.77. The van der Waals surface area contributed by atoms with Crippen LogP contribution in [0.2, 0.25) is 0 Å². The summed E-state index contributed by atoms with van der Waals surface area (Å²) in [5.74, 6) is -2.14. The van der Waals surface area contributed by atoms with Gasteiger partial charge in [0, 0.05) is 0 Å². The number of ether oxygens (including phenoxy) is 1. The van der Waals surface area contributed by atoms with Crippen LogP contribution in [-0.2, 0) is 25.5 Å². The van der Waals surface area contributed by atoms with Gasteiger partial charge in [-0.1, -0.05) is 19.1 Å². The van der Waals surface area contributed by atoms with Crippen LogP contribution in [0.5, 0.6) is 0 Å². The fraction of sp³-hybridized carbons (Fsp3) is 0.438. The molecule has 0 saturated carbocycles. The molecule has 0 aromatic heterocycles. The molecule has 124 valence electrons. The standard InChI is InChI=1S/C16H19FN2O4/c1-10(5-11-3-2-4-12(17)6-11)16(22)23-13-7-15(21)19(8-13)9-14(18)20/h2-4,6,10,13H,5,7-9H2,1H3,(H2,18,20)/t10-,13-/m1/s1. The van der Waals surface area contributed by atoms with Gasteiger partial charge in [0.1, 0.15) is 11.9 Å². The highest BCUT2D eigenvalue weighted by atomic mass is 19.1. The van der Waals surface area contributed by atoms with Crippen LogP contribution in [0.1, 0.15) is 18.9 Å². The van der Waals surface area contributed by atoms with Gasteiger partial charge in [0.15, 0.2) is 0 Å². The number of rotatable bonds is 6. The molecule has 1 fully saturated rings. The number of esters is 1. The first-order valence-electron chi connectivity index (χ1n) is 7.36. The summed E-state index contributed by atoms with van der Waals surface area (Å²) >= 11 is 0. The average Bonchev–Trinajstić information content (AvgIpc) is 2.77. The summed E-state index contributed by atoms with van der Waals surface area (Å²) in [7, 11) is 0. The fourth-order valence-corrected chi connectivity index (χ4v) is 2.54. The Kier molecular flexibility index (Phi) is 5.31. The lowest BCUT2D eigenvalue weighted by Crippen LogP contribution is -2.35. The lowest BCUT2D eigenvalue weighted by molar-refractivity contribution is -0.152. The monoisotopic (exact) mass is 322 g/mol. The third-order valence-electron chi connectivity index (χ3n) is 3.64. The van der Waals surface area contributed by atoms with Gasteiger partial charge in [-0.3, -0.25) is 14.4 Å². The second-order valence-electron chi connectivity index (χ2n) is 5.74. The zero-order chi connectivity index (χ0) is 17.0. The Morgan fingerprint density at radius 1 is 1.48 bits per heavy atom. The van der Waals surface area contributed by atoms with Gasteiger partial charge in [-0.15, -0.1) is 0 Å². The lowest BCUT2D eigenvalue weighted by atomic mass is 10.0. The highest BCUT2D eigenvalue weighted by Gasteiger charge is 2.33. The van der Waals surface area contributed by atoms with E-state index in [-0.39, 0.29) is 31.2 Å². The average molecular weight is 322 g/mol. The predicted octanol–water partition coefficient (Wildman–Crippen LogP) is 0.634. The second kappa shape index (κ2) is 7.21. The molecule has 2 atom stereocenters. The van der Waals surface area contributed by atoms with Gasteiger partial charge >= 0.3 is 5.97 Å². The van der Waals surface area contributed by atoms with Crippen molar-refractivity contribution in [3.05, 3.63) is 35.6 Å². The molecule has 2 amide bonds.